The smallest absolute Gasteiger partial charge is 0.283 e. The first-order valence-corrected chi connectivity index (χ1v) is 9.14. The maximum atomic E-state index is 12.4. The van der Waals surface area contributed by atoms with Gasteiger partial charge in [-0.1, -0.05) is 43.4 Å². The van der Waals surface area contributed by atoms with E-state index >= 15 is 0 Å². The second-order valence-electron chi connectivity index (χ2n) is 5.55. The van der Waals surface area contributed by atoms with E-state index < -0.39 is 0 Å². The second kappa shape index (κ2) is 7.59. The average Bonchev–Trinajstić information content (AvgIpc) is 2.99. The number of hydrogen-bond acceptors (Lipinski definition) is 7. The molecule has 0 bridgehead atoms. The van der Waals surface area contributed by atoms with Crippen LogP contribution in [0.1, 0.15) is 13.8 Å². The quantitative estimate of drug-likeness (QED) is 0.724. The lowest BCUT2D eigenvalue weighted by atomic mass is 10.2. The van der Waals surface area contributed by atoms with Gasteiger partial charge in [0.05, 0.1) is 0 Å². The van der Waals surface area contributed by atoms with Gasteiger partial charge in [-0.2, -0.15) is 0 Å². The lowest BCUT2D eigenvalue weighted by Crippen LogP contribution is -2.23. The molecule has 0 fully saturated rings. The van der Waals surface area contributed by atoms with Crippen LogP contribution in [0.2, 0.25) is 0 Å². The summed E-state index contributed by atoms with van der Waals surface area (Å²) in [5.74, 6) is 0.395. The van der Waals surface area contributed by atoms with Crippen LogP contribution in [-0.2, 0) is 6.54 Å². The molecule has 0 amide bonds. The summed E-state index contributed by atoms with van der Waals surface area (Å²) in [4.78, 5) is 16.6. The van der Waals surface area contributed by atoms with Crippen molar-refractivity contribution in [1.82, 2.24) is 19.7 Å². The van der Waals surface area contributed by atoms with Crippen molar-refractivity contribution >= 4 is 33.9 Å². The third-order valence-corrected chi connectivity index (χ3v) is 4.92. The van der Waals surface area contributed by atoms with Crippen molar-refractivity contribution in [2.24, 2.45) is 5.92 Å². The number of nitrogens with zero attached hydrogens (tertiary/aromatic N) is 4. The first-order valence-electron chi connectivity index (χ1n) is 7.50. The first-order chi connectivity index (χ1) is 11.6. The number of benzene rings is 1. The Balaban J connectivity index is 1.74. The molecule has 6 nitrogen and oxygen atoms in total. The summed E-state index contributed by atoms with van der Waals surface area (Å²) in [6.45, 7) is 4.82. The van der Waals surface area contributed by atoms with Gasteiger partial charge in [0.15, 0.2) is 9.37 Å². The van der Waals surface area contributed by atoms with Crippen LogP contribution in [0, 0.1) is 5.92 Å². The van der Waals surface area contributed by atoms with Gasteiger partial charge in [-0.15, -0.1) is 10.2 Å². The Morgan fingerprint density at radius 1 is 1.25 bits per heavy atom. The van der Waals surface area contributed by atoms with Crippen molar-refractivity contribution in [2.45, 2.75) is 29.8 Å². The van der Waals surface area contributed by atoms with E-state index in [-0.39, 0.29) is 5.56 Å². The fourth-order valence-corrected chi connectivity index (χ4v) is 3.77. The minimum atomic E-state index is -0.0935. The third kappa shape index (κ3) is 4.21. The Hall–Kier alpha value is -2.19. The summed E-state index contributed by atoms with van der Waals surface area (Å²) in [5.41, 5.74) is 0.853. The van der Waals surface area contributed by atoms with Crippen molar-refractivity contribution in [3.05, 3.63) is 53.1 Å². The van der Waals surface area contributed by atoms with E-state index in [1.807, 2.05) is 30.3 Å². The highest BCUT2D eigenvalue weighted by Gasteiger charge is 2.12. The molecular formula is C16H17N5OS2. The minimum Gasteiger partial charge on any atom is -0.330 e. The predicted octanol–water partition coefficient (Wildman–Crippen LogP) is 3.65. The van der Waals surface area contributed by atoms with Crippen LogP contribution in [0.5, 0.6) is 0 Å². The number of rotatable bonds is 6. The predicted molar refractivity (Wildman–Crippen MR) is 97.1 cm³/mol. The van der Waals surface area contributed by atoms with E-state index in [4.69, 9.17) is 0 Å². The monoisotopic (exact) mass is 359 g/mol. The lowest BCUT2D eigenvalue weighted by Gasteiger charge is -2.08. The molecule has 1 N–H and O–H groups in total. The van der Waals surface area contributed by atoms with E-state index in [0.29, 0.717) is 27.0 Å². The molecule has 3 rings (SSSR count). The third-order valence-electron chi connectivity index (χ3n) is 3.06. The molecule has 2 heterocycles. The summed E-state index contributed by atoms with van der Waals surface area (Å²) in [6, 6.07) is 9.76. The zero-order valence-electron chi connectivity index (χ0n) is 13.3. The van der Waals surface area contributed by atoms with Gasteiger partial charge in [-0.05, 0) is 29.8 Å². The zero-order valence-corrected chi connectivity index (χ0v) is 15.0. The van der Waals surface area contributed by atoms with Gasteiger partial charge >= 0.3 is 0 Å². The number of para-hydroxylation sites is 1. The van der Waals surface area contributed by atoms with Crippen molar-refractivity contribution in [3.63, 3.8) is 0 Å². The number of aromatic nitrogens is 4. The van der Waals surface area contributed by atoms with E-state index in [1.165, 1.54) is 23.1 Å². The molecule has 24 heavy (non-hydrogen) atoms. The van der Waals surface area contributed by atoms with E-state index in [1.54, 1.807) is 17.0 Å². The molecule has 0 aliphatic heterocycles. The zero-order chi connectivity index (χ0) is 16.9. The standard InChI is InChI=1S/C16H17N5OS2/c1-11(2)10-21-9-8-17-13(14(21)22)23-16-20-19-15(24-16)18-12-6-4-3-5-7-12/h3-9,11H,10H2,1-2H3,(H,18,19). The van der Waals surface area contributed by atoms with E-state index in [2.05, 4.69) is 34.3 Å². The fourth-order valence-electron chi connectivity index (χ4n) is 2.06. The lowest BCUT2D eigenvalue weighted by molar-refractivity contribution is 0.502. The van der Waals surface area contributed by atoms with Gasteiger partial charge in [0.2, 0.25) is 5.13 Å². The Morgan fingerprint density at radius 3 is 2.79 bits per heavy atom. The molecular weight excluding hydrogens is 342 g/mol. The Kier molecular flexibility index (Phi) is 5.27. The van der Waals surface area contributed by atoms with Crippen molar-refractivity contribution < 1.29 is 0 Å². The van der Waals surface area contributed by atoms with Crippen LogP contribution < -0.4 is 10.9 Å². The van der Waals surface area contributed by atoms with Crippen LogP contribution >= 0.6 is 23.1 Å². The SMILES string of the molecule is CC(C)Cn1ccnc(Sc2nnc(Nc3ccccc3)s2)c1=O. The molecule has 3 aromatic rings. The molecule has 0 saturated heterocycles. The molecule has 0 aliphatic rings. The maximum Gasteiger partial charge on any atom is 0.283 e. The van der Waals surface area contributed by atoms with Crippen molar-refractivity contribution in [1.29, 1.82) is 0 Å². The average molecular weight is 359 g/mol. The Morgan fingerprint density at radius 2 is 2.04 bits per heavy atom. The van der Waals surface area contributed by atoms with Gasteiger partial charge in [-0.25, -0.2) is 4.98 Å². The van der Waals surface area contributed by atoms with Gasteiger partial charge in [0.1, 0.15) is 0 Å². The normalized spacial score (nSPS) is 11.0. The van der Waals surface area contributed by atoms with Gasteiger partial charge in [0, 0.05) is 24.6 Å². The van der Waals surface area contributed by atoms with Gasteiger partial charge in [0.25, 0.3) is 5.56 Å². The molecule has 0 radical (unpaired) electrons. The van der Waals surface area contributed by atoms with E-state index in [0.717, 1.165) is 5.69 Å². The molecule has 124 valence electrons. The van der Waals surface area contributed by atoms with Crippen molar-refractivity contribution in [3.8, 4) is 0 Å². The molecule has 0 atom stereocenters. The van der Waals surface area contributed by atoms with Gasteiger partial charge in [-0.3, -0.25) is 4.79 Å². The molecule has 0 unspecified atom stereocenters. The van der Waals surface area contributed by atoms with Crippen LogP contribution in [-0.4, -0.2) is 19.7 Å². The molecule has 2 aromatic heterocycles. The van der Waals surface area contributed by atoms with E-state index in [9.17, 15) is 4.79 Å². The minimum absolute atomic E-state index is 0.0935. The largest absolute Gasteiger partial charge is 0.330 e. The molecule has 8 heteroatoms. The van der Waals surface area contributed by atoms with Gasteiger partial charge < -0.3 is 9.88 Å². The maximum absolute atomic E-state index is 12.4. The topological polar surface area (TPSA) is 72.7 Å². The summed E-state index contributed by atoms with van der Waals surface area (Å²) in [5, 5.41) is 12.5. The molecule has 0 spiro atoms. The second-order valence-corrected chi connectivity index (χ2v) is 7.76. The number of anilines is 2. The van der Waals surface area contributed by atoms with Crippen LogP contribution in [0.3, 0.4) is 0 Å². The van der Waals surface area contributed by atoms with Crippen LogP contribution in [0.15, 0.2) is 56.9 Å². The fraction of sp³-hybridized carbons (Fsp3) is 0.250. The van der Waals surface area contributed by atoms with Crippen LogP contribution in [0.25, 0.3) is 0 Å². The summed E-state index contributed by atoms with van der Waals surface area (Å²) >= 11 is 2.64. The highest BCUT2D eigenvalue weighted by atomic mass is 32.2. The molecule has 0 aliphatic carbocycles. The highest BCUT2D eigenvalue weighted by molar-refractivity contribution is 8.01. The Bertz CT molecular complexity index is 860. The summed E-state index contributed by atoms with van der Waals surface area (Å²) in [7, 11) is 0. The first kappa shape index (κ1) is 16.7. The summed E-state index contributed by atoms with van der Waals surface area (Å²) in [6.07, 6.45) is 3.37. The molecule has 1 aromatic carbocycles. The summed E-state index contributed by atoms with van der Waals surface area (Å²) < 4.78 is 2.37. The molecule has 0 saturated carbocycles. The van der Waals surface area contributed by atoms with Crippen LogP contribution in [0.4, 0.5) is 10.8 Å². The number of nitrogens with one attached hydrogen (secondary N) is 1. The number of hydrogen-bond donors (Lipinski definition) is 1. The van der Waals surface area contributed by atoms with Crippen molar-refractivity contribution in [2.75, 3.05) is 5.32 Å². The highest BCUT2D eigenvalue weighted by Crippen LogP contribution is 2.30. The Labute approximate surface area is 148 Å².